The van der Waals surface area contributed by atoms with Crippen LogP contribution in [0.1, 0.15) is 24.8 Å². The van der Waals surface area contributed by atoms with Crippen LogP contribution in [0.25, 0.3) is 0 Å². The third kappa shape index (κ3) is 4.49. The fraction of sp³-hybridized carbons (Fsp3) is 0.556. The molecule has 3 N–H and O–H groups in total. The van der Waals surface area contributed by atoms with E-state index in [-0.39, 0.29) is 36.2 Å². The van der Waals surface area contributed by atoms with Crippen molar-refractivity contribution in [2.45, 2.75) is 31.8 Å². The Hall–Kier alpha value is -1.34. The van der Waals surface area contributed by atoms with Gasteiger partial charge in [0, 0.05) is 43.0 Å². The molecule has 144 valence electrons. The maximum Gasteiger partial charge on any atom is 0.241 e. The number of nitrogens with two attached hydrogens (primary N) is 1. The van der Waals surface area contributed by atoms with Gasteiger partial charge in [-0.3, -0.25) is 9.59 Å². The second kappa shape index (κ2) is 8.57. The number of benzene rings is 1. The van der Waals surface area contributed by atoms with Gasteiger partial charge in [0.15, 0.2) is 0 Å². The number of piperidine rings is 1. The Morgan fingerprint density at radius 1 is 1.27 bits per heavy atom. The molecule has 2 aliphatic heterocycles. The largest absolute Gasteiger partial charge is 0.394 e. The van der Waals surface area contributed by atoms with Crippen LogP contribution in [-0.4, -0.2) is 59.0 Å². The van der Waals surface area contributed by atoms with Crippen LogP contribution in [0.5, 0.6) is 0 Å². The first-order chi connectivity index (χ1) is 11.9. The van der Waals surface area contributed by atoms with Crippen LogP contribution in [0, 0.1) is 5.41 Å². The Morgan fingerprint density at radius 3 is 2.46 bits per heavy atom. The second-order valence-electron chi connectivity index (χ2n) is 7.17. The first-order valence-corrected chi connectivity index (χ1v) is 8.98. The van der Waals surface area contributed by atoms with E-state index in [1.807, 2.05) is 29.2 Å². The molecule has 2 heterocycles. The van der Waals surface area contributed by atoms with Crippen molar-refractivity contribution >= 4 is 35.8 Å². The molecule has 1 aromatic carbocycles. The van der Waals surface area contributed by atoms with Crippen molar-refractivity contribution < 1.29 is 14.7 Å². The molecule has 0 saturated carbocycles. The molecule has 0 radical (unpaired) electrons. The first-order valence-electron chi connectivity index (χ1n) is 8.60. The number of amides is 2. The number of nitrogens with zero attached hydrogens (tertiary/aromatic N) is 2. The average molecular weight is 402 g/mol. The summed E-state index contributed by atoms with van der Waals surface area (Å²) in [5.41, 5.74) is 6.63. The molecule has 1 atom stereocenters. The van der Waals surface area contributed by atoms with Crippen LogP contribution in [-0.2, 0) is 16.1 Å². The van der Waals surface area contributed by atoms with Crippen molar-refractivity contribution in [3.8, 4) is 0 Å². The van der Waals surface area contributed by atoms with Gasteiger partial charge in [-0.2, -0.15) is 0 Å². The van der Waals surface area contributed by atoms with E-state index < -0.39 is 6.04 Å². The molecule has 2 saturated heterocycles. The zero-order valence-corrected chi connectivity index (χ0v) is 16.1. The standard InChI is InChI=1S/C18H24ClN3O3.ClH/c19-14-3-1-13(2-4-14)10-22-12-18(9-16(22)24)5-7-21(8-6-18)17(25)15(20)11-23;/h1-4,15,23H,5-12,20H2;1H/t15-;/m0./s1. The summed E-state index contributed by atoms with van der Waals surface area (Å²) < 4.78 is 0. The monoisotopic (exact) mass is 401 g/mol. The van der Waals surface area contributed by atoms with Crippen LogP contribution < -0.4 is 5.73 Å². The number of hydrogen-bond donors (Lipinski definition) is 2. The maximum atomic E-state index is 12.5. The normalized spacial score (nSPS) is 20.2. The summed E-state index contributed by atoms with van der Waals surface area (Å²) in [6.07, 6.45) is 2.12. The molecule has 8 heteroatoms. The van der Waals surface area contributed by atoms with E-state index in [2.05, 4.69) is 0 Å². The van der Waals surface area contributed by atoms with Gasteiger partial charge in [-0.05, 0) is 30.5 Å². The van der Waals surface area contributed by atoms with Crippen LogP contribution in [0.2, 0.25) is 5.02 Å². The molecular weight excluding hydrogens is 377 g/mol. The summed E-state index contributed by atoms with van der Waals surface area (Å²) in [4.78, 5) is 28.1. The number of halogens is 2. The van der Waals surface area contributed by atoms with Crippen LogP contribution >= 0.6 is 24.0 Å². The Bertz CT molecular complexity index is 646. The number of aliphatic hydroxyl groups is 1. The fourth-order valence-corrected chi connectivity index (χ4v) is 3.91. The van der Waals surface area contributed by atoms with Crippen molar-refractivity contribution in [3.63, 3.8) is 0 Å². The number of aliphatic hydroxyl groups excluding tert-OH is 1. The van der Waals surface area contributed by atoms with Gasteiger partial charge in [0.1, 0.15) is 6.04 Å². The summed E-state index contributed by atoms with van der Waals surface area (Å²) in [7, 11) is 0. The van der Waals surface area contributed by atoms with Gasteiger partial charge in [-0.25, -0.2) is 0 Å². The summed E-state index contributed by atoms with van der Waals surface area (Å²) in [6.45, 7) is 2.16. The van der Waals surface area contributed by atoms with Crippen LogP contribution in [0.15, 0.2) is 24.3 Å². The Balaban J connectivity index is 0.00000243. The molecule has 1 spiro atoms. The molecule has 26 heavy (non-hydrogen) atoms. The van der Waals surface area contributed by atoms with E-state index in [0.29, 0.717) is 31.1 Å². The van der Waals surface area contributed by atoms with E-state index in [1.165, 1.54) is 0 Å². The lowest BCUT2D eigenvalue weighted by Crippen LogP contribution is -2.51. The van der Waals surface area contributed by atoms with Gasteiger partial charge in [-0.15, -0.1) is 12.4 Å². The van der Waals surface area contributed by atoms with Gasteiger partial charge in [0.2, 0.25) is 11.8 Å². The van der Waals surface area contributed by atoms with Crippen molar-refractivity contribution in [1.29, 1.82) is 0 Å². The Morgan fingerprint density at radius 2 is 1.88 bits per heavy atom. The molecule has 2 fully saturated rings. The highest BCUT2D eigenvalue weighted by Gasteiger charge is 2.45. The van der Waals surface area contributed by atoms with Crippen molar-refractivity contribution in [2.24, 2.45) is 11.1 Å². The number of carbonyl (C=O) groups excluding carboxylic acids is 2. The molecule has 0 aliphatic carbocycles. The number of likely N-dealkylation sites (tertiary alicyclic amines) is 2. The zero-order valence-electron chi connectivity index (χ0n) is 14.6. The summed E-state index contributed by atoms with van der Waals surface area (Å²) >= 11 is 5.91. The lowest BCUT2D eigenvalue weighted by atomic mass is 9.77. The van der Waals surface area contributed by atoms with Gasteiger partial charge < -0.3 is 20.6 Å². The highest BCUT2D eigenvalue weighted by Crippen LogP contribution is 2.41. The summed E-state index contributed by atoms with van der Waals surface area (Å²) in [6, 6.07) is 6.71. The molecule has 0 unspecified atom stereocenters. The van der Waals surface area contributed by atoms with Crippen molar-refractivity contribution in [2.75, 3.05) is 26.2 Å². The first kappa shape index (κ1) is 21.0. The Kier molecular flexibility index (Phi) is 6.91. The van der Waals surface area contributed by atoms with E-state index in [9.17, 15) is 9.59 Å². The van der Waals surface area contributed by atoms with Gasteiger partial charge in [0.25, 0.3) is 0 Å². The third-order valence-corrected chi connectivity index (χ3v) is 5.59. The topological polar surface area (TPSA) is 86.9 Å². The van der Waals surface area contributed by atoms with E-state index in [0.717, 1.165) is 24.9 Å². The minimum absolute atomic E-state index is 0. The summed E-state index contributed by atoms with van der Waals surface area (Å²) in [5.74, 6) is -0.0403. The van der Waals surface area contributed by atoms with Gasteiger partial charge >= 0.3 is 0 Å². The fourth-order valence-electron chi connectivity index (χ4n) is 3.78. The number of carbonyl (C=O) groups is 2. The molecular formula is C18H25Cl2N3O3. The smallest absolute Gasteiger partial charge is 0.241 e. The van der Waals surface area contributed by atoms with E-state index in [4.69, 9.17) is 22.4 Å². The molecule has 2 aliphatic rings. The minimum atomic E-state index is -0.847. The van der Waals surface area contributed by atoms with E-state index in [1.54, 1.807) is 4.90 Å². The van der Waals surface area contributed by atoms with Crippen LogP contribution in [0.4, 0.5) is 0 Å². The third-order valence-electron chi connectivity index (χ3n) is 5.34. The molecule has 0 bridgehead atoms. The predicted octanol–water partition coefficient (Wildman–Crippen LogP) is 1.42. The quantitative estimate of drug-likeness (QED) is 0.798. The van der Waals surface area contributed by atoms with Crippen molar-refractivity contribution in [3.05, 3.63) is 34.9 Å². The maximum absolute atomic E-state index is 12.5. The van der Waals surface area contributed by atoms with Crippen LogP contribution in [0.3, 0.4) is 0 Å². The SMILES string of the molecule is Cl.N[C@@H](CO)C(=O)N1CCC2(CC1)CC(=O)N(Cc1ccc(Cl)cc1)C2. The molecule has 6 nitrogen and oxygen atoms in total. The molecule has 0 aromatic heterocycles. The second-order valence-corrected chi connectivity index (χ2v) is 7.60. The summed E-state index contributed by atoms with van der Waals surface area (Å²) in [5, 5.41) is 9.72. The average Bonchev–Trinajstić information content (AvgIpc) is 2.91. The number of rotatable bonds is 4. The molecule has 2 amide bonds. The van der Waals surface area contributed by atoms with Gasteiger partial charge in [0.05, 0.1) is 6.61 Å². The molecule has 1 aromatic rings. The van der Waals surface area contributed by atoms with Crippen molar-refractivity contribution in [1.82, 2.24) is 9.80 Å². The highest BCUT2D eigenvalue weighted by molar-refractivity contribution is 6.30. The molecule has 3 rings (SSSR count). The zero-order chi connectivity index (χ0) is 18.0. The Labute approximate surface area is 164 Å². The lowest BCUT2D eigenvalue weighted by Gasteiger charge is -2.39. The minimum Gasteiger partial charge on any atom is -0.394 e. The predicted molar refractivity (Wildman–Crippen MR) is 102 cm³/mol. The highest BCUT2D eigenvalue weighted by atomic mass is 35.5. The lowest BCUT2D eigenvalue weighted by molar-refractivity contribution is -0.135. The van der Waals surface area contributed by atoms with E-state index >= 15 is 0 Å². The van der Waals surface area contributed by atoms with Gasteiger partial charge in [-0.1, -0.05) is 23.7 Å². The number of hydrogen-bond acceptors (Lipinski definition) is 4.